The van der Waals surface area contributed by atoms with Crippen LogP contribution in [0.5, 0.6) is 0 Å². The summed E-state index contributed by atoms with van der Waals surface area (Å²) in [6.45, 7) is 4.30. The number of benzene rings is 3. The molecule has 0 radical (unpaired) electrons. The molecule has 4 N–H and O–H groups in total. The molecule has 3 aromatic carbocycles. The van der Waals surface area contributed by atoms with Gasteiger partial charge in [-0.3, -0.25) is 19.4 Å². The van der Waals surface area contributed by atoms with E-state index in [1.165, 1.54) is 11.3 Å². The maximum Gasteiger partial charge on any atom is 0.332 e. The number of aromatic nitrogens is 1. The van der Waals surface area contributed by atoms with Crippen LogP contribution in [0.3, 0.4) is 0 Å². The lowest BCUT2D eigenvalue weighted by atomic mass is 9.99. The van der Waals surface area contributed by atoms with Gasteiger partial charge in [-0.25, -0.2) is 9.78 Å². The number of fused-ring (bicyclic) bond motifs is 2. The molecule has 12 nitrogen and oxygen atoms in total. The van der Waals surface area contributed by atoms with Crippen molar-refractivity contribution in [2.45, 2.75) is 55.8 Å². The second-order valence-electron chi connectivity index (χ2n) is 13.7. The summed E-state index contributed by atoms with van der Waals surface area (Å²) in [5.74, 6) is -0.705. The van der Waals surface area contributed by atoms with Gasteiger partial charge >= 0.3 is 6.03 Å². The second-order valence-corrected chi connectivity index (χ2v) is 15.8. The molecule has 280 valence electrons. The van der Waals surface area contributed by atoms with Gasteiger partial charge in [0.2, 0.25) is 11.8 Å². The third-order valence-corrected chi connectivity index (χ3v) is 11.5. The molecule has 0 bridgehead atoms. The van der Waals surface area contributed by atoms with Gasteiger partial charge in [-0.2, -0.15) is 5.01 Å². The normalized spacial score (nSPS) is 21.4. The van der Waals surface area contributed by atoms with Gasteiger partial charge in [0.05, 0.1) is 34.1 Å². The van der Waals surface area contributed by atoms with Crippen molar-refractivity contribution in [1.29, 1.82) is 0 Å². The summed E-state index contributed by atoms with van der Waals surface area (Å²) in [4.78, 5) is 63.0. The summed E-state index contributed by atoms with van der Waals surface area (Å²) < 4.78 is 0.914. The Balaban J connectivity index is 1.16. The quantitative estimate of drug-likeness (QED) is 0.178. The number of alkyl halides is 2. The highest BCUT2D eigenvalue weighted by molar-refractivity contribution is 7.22. The van der Waals surface area contributed by atoms with Crippen molar-refractivity contribution in [1.82, 2.24) is 30.1 Å². The number of carbonyl (C=O) groups is 4. The summed E-state index contributed by atoms with van der Waals surface area (Å²) in [5, 5.41) is 8.93. The SMILES string of the molecule is CC(C)N(C(=O)NCC1=CC(Cl)C(Cl)C=C1)N1CC(=O)N2[C@@H](Cc3ccc(NC(=O)c4ccccc4)cc3)C(=O)N(Cc3cccc4sc(N)nc34)C[C@@H]21. The van der Waals surface area contributed by atoms with Crippen molar-refractivity contribution in [3.05, 3.63) is 113 Å². The van der Waals surface area contributed by atoms with Gasteiger partial charge in [0.15, 0.2) is 5.13 Å². The van der Waals surface area contributed by atoms with E-state index in [9.17, 15) is 19.2 Å². The van der Waals surface area contributed by atoms with Gasteiger partial charge in [0, 0.05) is 36.8 Å². The van der Waals surface area contributed by atoms with E-state index in [0.717, 1.165) is 26.9 Å². The maximum atomic E-state index is 14.5. The molecule has 4 aromatic rings. The number of urea groups is 1. The second kappa shape index (κ2) is 15.8. The Kier molecular flexibility index (Phi) is 10.9. The summed E-state index contributed by atoms with van der Waals surface area (Å²) >= 11 is 13.9. The molecule has 0 saturated carbocycles. The van der Waals surface area contributed by atoms with Crippen LogP contribution < -0.4 is 16.4 Å². The summed E-state index contributed by atoms with van der Waals surface area (Å²) in [6, 6.07) is 20.4. The minimum atomic E-state index is -0.857. The highest BCUT2D eigenvalue weighted by Gasteiger charge is 2.52. The van der Waals surface area contributed by atoms with Crippen molar-refractivity contribution < 1.29 is 19.2 Å². The third kappa shape index (κ3) is 7.81. The van der Waals surface area contributed by atoms with Crippen LogP contribution in [0.2, 0.25) is 0 Å². The van der Waals surface area contributed by atoms with E-state index in [-0.39, 0.29) is 67.8 Å². The number of thiazole rings is 1. The number of nitrogens with one attached hydrogen (secondary N) is 2. The fraction of sp³-hybridized carbons (Fsp3) is 0.308. The first kappa shape index (κ1) is 37.4. The molecule has 1 aliphatic carbocycles. The number of piperazine rings is 1. The Bertz CT molecular complexity index is 2130. The predicted octanol–water partition coefficient (Wildman–Crippen LogP) is 5.60. The van der Waals surface area contributed by atoms with Gasteiger partial charge in [-0.05, 0) is 60.9 Å². The number of rotatable bonds is 10. The summed E-state index contributed by atoms with van der Waals surface area (Å²) in [5.41, 5.74) is 10.4. The van der Waals surface area contributed by atoms with E-state index >= 15 is 0 Å². The highest BCUT2D eigenvalue weighted by atomic mass is 35.5. The van der Waals surface area contributed by atoms with Crippen molar-refractivity contribution in [2.75, 3.05) is 30.7 Å². The monoisotopic (exact) mass is 786 g/mol. The Morgan fingerprint density at radius 1 is 1.02 bits per heavy atom. The van der Waals surface area contributed by atoms with Gasteiger partial charge < -0.3 is 26.2 Å². The zero-order valence-electron chi connectivity index (χ0n) is 29.7. The lowest BCUT2D eigenvalue weighted by molar-refractivity contribution is -0.158. The number of halogens is 2. The number of nitrogens with zero attached hydrogens (tertiary/aromatic N) is 5. The van der Waals surface area contributed by atoms with Gasteiger partial charge in [-0.15, -0.1) is 23.2 Å². The molecule has 4 atom stereocenters. The molecule has 5 amide bonds. The minimum absolute atomic E-state index is 0.0865. The van der Waals surface area contributed by atoms with Crippen LogP contribution in [0.4, 0.5) is 15.6 Å². The van der Waals surface area contributed by atoms with Crippen LogP contribution in [0.1, 0.15) is 35.3 Å². The molecule has 2 saturated heterocycles. The molecule has 2 unspecified atom stereocenters. The van der Waals surface area contributed by atoms with Crippen molar-refractivity contribution >= 4 is 79.3 Å². The van der Waals surface area contributed by atoms with E-state index in [0.29, 0.717) is 16.4 Å². The van der Waals surface area contributed by atoms with Crippen LogP contribution >= 0.6 is 34.5 Å². The van der Waals surface area contributed by atoms with Gasteiger partial charge in [-0.1, -0.05) is 72.0 Å². The number of allylic oxidation sites excluding steroid dienone is 2. The highest BCUT2D eigenvalue weighted by Crippen LogP contribution is 2.33. The molecule has 1 aromatic heterocycles. The van der Waals surface area contributed by atoms with E-state index in [1.54, 1.807) is 62.3 Å². The van der Waals surface area contributed by atoms with E-state index in [4.69, 9.17) is 28.9 Å². The average molecular weight is 788 g/mol. The lowest BCUT2D eigenvalue weighted by Crippen LogP contribution is -2.66. The van der Waals surface area contributed by atoms with E-state index < -0.39 is 17.6 Å². The van der Waals surface area contributed by atoms with Crippen LogP contribution in [0, 0.1) is 0 Å². The van der Waals surface area contributed by atoms with Crippen molar-refractivity contribution in [2.24, 2.45) is 0 Å². The molecule has 0 spiro atoms. The van der Waals surface area contributed by atoms with Crippen LogP contribution in [-0.4, -0.2) is 97.2 Å². The number of hydrazine groups is 1. The van der Waals surface area contributed by atoms with Crippen molar-refractivity contribution in [3.8, 4) is 0 Å². The maximum absolute atomic E-state index is 14.5. The molecule has 54 heavy (non-hydrogen) atoms. The van der Waals surface area contributed by atoms with E-state index in [2.05, 4.69) is 15.6 Å². The number of nitrogen functional groups attached to an aromatic ring is 1. The number of nitrogens with two attached hydrogens (primary N) is 1. The third-order valence-electron chi connectivity index (χ3n) is 9.71. The molecule has 2 aliphatic heterocycles. The number of amides is 5. The molecular weight excluding hydrogens is 747 g/mol. The first-order valence-corrected chi connectivity index (χ1v) is 19.4. The minimum Gasteiger partial charge on any atom is -0.375 e. The average Bonchev–Trinajstić information content (AvgIpc) is 3.70. The lowest BCUT2D eigenvalue weighted by Gasteiger charge is -2.47. The van der Waals surface area contributed by atoms with Gasteiger partial charge in [0.25, 0.3) is 5.91 Å². The molecule has 7 rings (SSSR count). The fourth-order valence-electron chi connectivity index (χ4n) is 7.16. The Labute approximate surface area is 327 Å². The van der Waals surface area contributed by atoms with E-state index in [1.807, 2.05) is 62.4 Å². The van der Waals surface area contributed by atoms with Crippen LogP contribution in [-0.2, 0) is 22.6 Å². The number of anilines is 2. The topological polar surface area (TPSA) is 144 Å². The summed E-state index contributed by atoms with van der Waals surface area (Å²) in [7, 11) is 0. The number of para-hydroxylation sites is 1. The number of carbonyl (C=O) groups excluding carboxylic acids is 4. The predicted molar refractivity (Wildman–Crippen MR) is 212 cm³/mol. The van der Waals surface area contributed by atoms with Crippen molar-refractivity contribution in [3.63, 3.8) is 0 Å². The first-order chi connectivity index (χ1) is 26.0. The Hall–Kier alpha value is -4.95. The van der Waals surface area contributed by atoms with Crippen LogP contribution in [0.15, 0.2) is 96.6 Å². The van der Waals surface area contributed by atoms with Crippen LogP contribution in [0.25, 0.3) is 10.2 Å². The van der Waals surface area contributed by atoms with Gasteiger partial charge in [0.1, 0.15) is 12.2 Å². The summed E-state index contributed by atoms with van der Waals surface area (Å²) in [6.07, 6.45) is 5.04. The zero-order valence-corrected chi connectivity index (χ0v) is 32.0. The smallest absolute Gasteiger partial charge is 0.332 e. The standard InChI is InChI=1S/C39H40Cl2N8O4S/c1-23(2)49(39(53)43-19-25-13-16-29(40)30(41)17-25)47-22-34(50)48-31(18-24-11-14-28(15-12-24)44-36(51)26-7-4-3-5-8-26)37(52)46(21-33(47)48)20-27-9-6-10-32-35(27)45-38(42)54-32/h3-17,23,29-31,33H,18-22H2,1-2H3,(H2,42,45)(H,43,53)(H,44,51)/t29?,30?,31-,33+/m0/s1. The number of hydrogen-bond acceptors (Lipinski definition) is 8. The first-order valence-electron chi connectivity index (χ1n) is 17.7. The molecule has 3 aliphatic rings. The Morgan fingerprint density at radius 3 is 2.50 bits per heavy atom. The molecule has 2 fully saturated rings. The fourth-order valence-corrected chi connectivity index (χ4v) is 8.33. The molecule has 15 heteroatoms. The largest absolute Gasteiger partial charge is 0.375 e. The molecule has 3 heterocycles. The Morgan fingerprint density at radius 2 is 1.78 bits per heavy atom. The molecular formula is C39H40Cl2N8O4S. The number of hydrogen-bond donors (Lipinski definition) is 3. The zero-order chi connectivity index (χ0) is 38.1.